The molecule has 0 radical (unpaired) electrons. The Bertz CT molecular complexity index is 1050. The van der Waals surface area contributed by atoms with Gasteiger partial charge in [-0.3, -0.25) is 4.79 Å². The standard InChI is InChI=1S/C22H22N2O5S/c1-26-17-6-4-15(12-19(17)27-2)22-24-16(13-30-22)21(25)23-8-7-14-3-5-18-20(11-14)29-10-9-28-18/h3-6,11-13H,7-10H2,1-2H3,(H,23,25). The summed E-state index contributed by atoms with van der Waals surface area (Å²) in [4.78, 5) is 16.9. The van der Waals surface area contributed by atoms with E-state index in [-0.39, 0.29) is 5.91 Å². The Hall–Kier alpha value is -3.26. The fourth-order valence-corrected chi connectivity index (χ4v) is 3.93. The molecule has 0 atom stereocenters. The number of benzene rings is 2. The van der Waals surface area contributed by atoms with Crippen LogP contribution in [0.3, 0.4) is 0 Å². The SMILES string of the molecule is COc1ccc(-c2nc(C(=O)NCCc3ccc4c(c3)OCCO4)cs2)cc1OC. The second-order valence-electron chi connectivity index (χ2n) is 6.59. The van der Waals surface area contributed by atoms with Gasteiger partial charge in [0.2, 0.25) is 0 Å². The summed E-state index contributed by atoms with van der Waals surface area (Å²) >= 11 is 1.41. The van der Waals surface area contributed by atoms with Crippen molar-refractivity contribution in [2.45, 2.75) is 6.42 Å². The number of ether oxygens (including phenoxy) is 4. The van der Waals surface area contributed by atoms with Gasteiger partial charge in [0.15, 0.2) is 23.0 Å². The average Bonchev–Trinajstić information content (AvgIpc) is 3.29. The number of carbonyl (C=O) groups is 1. The van der Waals surface area contributed by atoms with Crippen molar-refractivity contribution in [1.82, 2.24) is 10.3 Å². The van der Waals surface area contributed by atoms with Crippen molar-refractivity contribution < 1.29 is 23.7 Å². The normalized spacial score (nSPS) is 12.3. The molecule has 0 aliphatic carbocycles. The third-order valence-corrected chi connectivity index (χ3v) is 5.56. The van der Waals surface area contributed by atoms with Crippen LogP contribution in [0.15, 0.2) is 41.8 Å². The molecule has 1 aliphatic heterocycles. The zero-order chi connectivity index (χ0) is 20.9. The van der Waals surface area contributed by atoms with Crippen LogP contribution in [0.4, 0.5) is 0 Å². The predicted molar refractivity (Wildman–Crippen MR) is 114 cm³/mol. The van der Waals surface area contributed by atoms with Crippen molar-refractivity contribution >= 4 is 17.2 Å². The van der Waals surface area contributed by atoms with Crippen molar-refractivity contribution in [3.63, 3.8) is 0 Å². The van der Waals surface area contributed by atoms with E-state index in [4.69, 9.17) is 18.9 Å². The highest BCUT2D eigenvalue weighted by Crippen LogP contribution is 2.33. The van der Waals surface area contributed by atoms with E-state index < -0.39 is 0 Å². The molecule has 30 heavy (non-hydrogen) atoms. The van der Waals surface area contributed by atoms with E-state index in [9.17, 15) is 4.79 Å². The number of aromatic nitrogens is 1. The molecular weight excluding hydrogens is 404 g/mol. The van der Waals surface area contributed by atoms with Gasteiger partial charge in [0.1, 0.15) is 23.9 Å². The van der Waals surface area contributed by atoms with Gasteiger partial charge < -0.3 is 24.3 Å². The Morgan fingerprint density at radius 1 is 1.07 bits per heavy atom. The minimum absolute atomic E-state index is 0.199. The predicted octanol–water partition coefficient (Wildman–Crippen LogP) is 3.57. The molecule has 1 N–H and O–H groups in total. The van der Waals surface area contributed by atoms with Crippen LogP contribution in [0.25, 0.3) is 10.6 Å². The first kappa shape index (κ1) is 20.0. The molecule has 0 fully saturated rings. The highest BCUT2D eigenvalue weighted by atomic mass is 32.1. The summed E-state index contributed by atoms with van der Waals surface area (Å²) in [5.74, 6) is 2.59. The van der Waals surface area contributed by atoms with Crippen molar-refractivity contribution in [3.05, 3.63) is 53.0 Å². The van der Waals surface area contributed by atoms with E-state index in [1.807, 2.05) is 36.4 Å². The molecule has 2 aromatic carbocycles. The summed E-state index contributed by atoms with van der Waals surface area (Å²) in [5.41, 5.74) is 2.34. The molecule has 1 aliphatic rings. The molecule has 1 amide bonds. The van der Waals surface area contributed by atoms with Crippen molar-refractivity contribution in [2.75, 3.05) is 34.0 Å². The highest BCUT2D eigenvalue weighted by molar-refractivity contribution is 7.13. The molecule has 0 bridgehead atoms. The van der Waals surface area contributed by atoms with Crippen LogP contribution in [0.2, 0.25) is 0 Å². The molecule has 8 heteroatoms. The monoisotopic (exact) mass is 426 g/mol. The van der Waals surface area contributed by atoms with Crippen LogP contribution in [0, 0.1) is 0 Å². The summed E-state index contributed by atoms with van der Waals surface area (Å²) in [7, 11) is 3.18. The van der Waals surface area contributed by atoms with E-state index >= 15 is 0 Å². The summed E-state index contributed by atoms with van der Waals surface area (Å²) in [5, 5.41) is 5.42. The van der Waals surface area contributed by atoms with Crippen LogP contribution in [0.5, 0.6) is 23.0 Å². The van der Waals surface area contributed by atoms with Gasteiger partial charge in [0.25, 0.3) is 5.91 Å². The molecule has 4 rings (SSSR count). The number of nitrogens with zero attached hydrogens (tertiary/aromatic N) is 1. The Morgan fingerprint density at radius 2 is 1.87 bits per heavy atom. The van der Waals surface area contributed by atoms with E-state index in [0.29, 0.717) is 43.4 Å². The lowest BCUT2D eigenvalue weighted by Crippen LogP contribution is -2.26. The van der Waals surface area contributed by atoms with E-state index in [0.717, 1.165) is 27.6 Å². The second-order valence-corrected chi connectivity index (χ2v) is 7.45. The fourth-order valence-electron chi connectivity index (χ4n) is 3.13. The molecule has 0 saturated heterocycles. The first-order chi connectivity index (χ1) is 14.7. The maximum absolute atomic E-state index is 12.5. The molecule has 0 saturated carbocycles. The van der Waals surface area contributed by atoms with E-state index in [2.05, 4.69) is 10.3 Å². The molecule has 3 aromatic rings. The van der Waals surface area contributed by atoms with Crippen molar-refractivity contribution in [1.29, 1.82) is 0 Å². The van der Waals surface area contributed by atoms with Gasteiger partial charge in [-0.2, -0.15) is 0 Å². The first-order valence-electron chi connectivity index (χ1n) is 9.52. The van der Waals surface area contributed by atoms with E-state index in [1.165, 1.54) is 11.3 Å². The van der Waals surface area contributed by atoms with Crippen LogP contribution in [-0.2, 0) is 6.42 Å². The van der Waals surface area contributed by atoms with Crippen LogP contribution >= 0.6 is 11.3 Å². The first-order valence-corrected chi connectivity index (χ1v) is 10.4. The molecule has 0 unspecified atom stereocenters. The maximum atomic E-state index is 12.5. The second kappa shape index (κ2) is 9.04. The van der Waals surface area contributed by atoms with Crippen LogP contribution < -0.4 is 24.3 Å². The van der Waals surface area contributed by atoms with Gasteiger partial charge in [-0.15, -0.1) is 11.3 Å². The summed E-state index contributed by atoms with van der Waals surface area (Å²) < 4.78 is 21.7. The third kappa shape index (κ3) is 4.33. The van der Waals surface area contributed by atoms with Crippen molar-refractivity contribution in [3.8, 4) is 33.6 Å². The fraction of sp³-hybridized carbons (Fsp3) is 0.273. The van der Waals surface area contributed by atoms with Gasteiger partial charge in [-0.1, -0.05) is 6.07 Å². The number of amides is 1. The molecule has 1 aromatic heterocycles. The zero-order valence-corrected chi connectivity index (χ0v) is 17.6. The number of carbonyl (C=O) groups excluding carboxylic acids is 1. The Labute approximate surface area is 178 Å². The maximum Gasteiger partial charge on any atom is 0.270 e. The lowest BCUT2D eigenvalue weighted by molar-refractivity contribution is 0.0950. The number of methoxy groups -OCH3 is 2. The Balaban J connectivity index is 1.36. The van der Waals surface area contributed by atoms with Crippen LogP contribution in [0.1, 0.15) is 16.1 Å². The number of hydrogen-bond acceptors (Lipinski definition) is 7. The van der Waals surface area contributed by atoms with E-state index in [1.54, 1.807) is 19.6 Å². The number of rotatable bonds is 7. The summed E-state index contributed by atoms with van der Waals surface area (Å²) in [6.45, 7) is 1.63. The third-order valence-electron chi connectivity index (χ3n) is 4.67. The molecule has 156 valence electrons. The topological polar surface area (TPSA) is 78.9 Å². The van der Waals surface area contributed by atoms with Gasteiger partial charge >= 0.3 is 0 Å². The number of nitrogens with one attached hydrogen (secondary N) is 1. The smallest absolute Gasteiger partial charge is 0.270 e. The molecule has 7 nitrogen and oxygen atoms in total. The van der Waals surface area contributed by atoms with Gasteiger partial charge in [0.05, 0.1) is 14.2 Å². The number of thiazole rings is 1. The van der Waals surface area contributed by atoms with Crippen molar-refractivity contribution in [2.24, 2.45) is 0 Å². The number of fused-ring (bicyclic) bond motifs is 1. The minimum Gasteiger partial charge on any atom is -0.493 e. The van der Waals surface area contributed by atoms with Gasteiger partial charge in [-0.05, 0) is 42.3 Å². The molecule has 2 heterocycles. The number of hydrogen-bond donors (Lipinski definition) is 1. The van der Waals surface area contributed by atoms with Gasteiger partial charge in [-0.25, -0.2) is 4.98 Å². The Morgan fingerprint density at radius 3 is 2.67 bits per heavy atom. The molecular formula is C22H22N2O5S. The quantitative estimate of drug-likeness (QED) is 0.622. The summed E-state index contributed by atoms with van der Waals surface area (Å²) in [6, 6.07) is 11.4. The zero-order valence-electron chi connectivity index (χ0n) is 16.8. The molecule has 0 spiro atoms. The summed E-state index contributed by atoms with van der Waals surface area (Å²) in [6.07, 6.45) is 0.690. The highest BCUT2D eigenvalue weighted by Gasteiger charge is 2.15. The Kier molecular flexibility index (Phi) is 6.04. The average molecular weight is 426 g/mol. The lowest BCUT2D eigenvalue weighted by atomic mass is 10.1. The largest absolute Gasteiger partial charge is 0.493 e. The van der Waals surface area contributed by atoms with Gasteiger partial charge in [0, 0.05) is 17.5 Å². The van der Waals surface area contributed by atoms with Crippen LogP contribution in [-0.4, -0.2) is 44.9 Å². The lowest BCUT2D eigenvalue weighted by Gasteiger charge is -2.18. The minimum atomic E-state index is -0.199.